The monoisotopic (exact) mass is 815 g/mol. The van der Waals surface area contributed by atoms with Crippen LogP contribution in [0.3, 0.4) is 0 Å². The van der Waals surface area contributed by atoms with E-state index in [1.54, 1.807) is 34.5 Å². The first kappa shape index (κ1) is 40.8. The number of carbonyl (C=O) groups is 2. The van der Waals surface area contributed by atoms with E-state index in [0.29, 0.717) is 52.5 Å². The van der Waals surface area contributed by atoms with Gasteiger partial charge in [-0.25, -0.2) is 15.0 Å². The number of hydrogen-bond acceptors (Lipinski definition) is 13. The maximum atomic E-state index is 11.9. The first-order chi connectivity index (χ1) is 28.7. The second-order valence-corrected chi connectivity index (χ2v) is 15.4. The Morgan fingerprint density at radius 1 is 0.780 bits per heavy atom. The van der Waals surface area contributed by atoms with E-state index >= 15 is 0 Å². The number of pyridine rings is 2. The molecule has 59 heavy (non-hydrogen) atoms. The van der Waals surface area contributed by atoms with Crippen LogP contribution in [0.4, 0.5) is 40.1 Å². The molecule has 0 radical (unpaired) electrons. The van der Waals surface area contributed by atoms with Crippen molar-refractivity contribution in [2.24, 2.45) is 18.5 Å². The molecule has 0 saturated carbocycles. The average Bonchev–Trinajstić information content (AvgIpc) is 3.96. The standard InChI is InChI=1S/C22H26N6O2.C21H23N5O2S/c1-27-14-18(12-25-27)28(2)20-11-21(24-13-19(20)22(23)29)26-17-5-3-15(4-6-17)16-7-9-30-10-8-16;22-21(27)17-12-25-19(11-18(17)24-13-20-23-7-10-29-20)26-16-3-1-14(2-4-16)15-5-8-28-9-6-15/h3-6,11-14,16H,7-10H2,1-2H3,(H2,23,29)(H,24,26);1-4,7,10-12,15H,5-6,8-9,13H2,(H2,22,27)(H2,24,25,26). The zero-order valence-electron chi connectivity index (χ0n) is 33.1. The van der Waals surface area contributed by atoms with Crippen LogP contribution in [0.15, 0.2) is 97.0 Å². The summed E-state index contributed by atoms with van der Waals surface area (Å²) in [6, 6.07) is 20.4. The van der Waals surface area contributed by atoms with Crippen molar-refractivity contribution in [2.45, 2.75) is 44.1 Å². The molecule has 8 rings (SSSR count). The molecule has 7 N–H and O–H groups in total. The van der Waals surface area contributed by atoms with Gasteiger partial charge >= 0.3 is 0 Å². The Bertz CT molecular complexity index is 2310. The molecule has 4 aromatic heterocycles. The molecule has 0 unspecified atom stereocenters. The van der Waals surface area contributed by atoms with Crippen LogP contribution < -0.4 is 32.3 Å². The summed E-state index contributed by atoms with van der Waals surface area (Å²) in [5.41, 5.74) is 18.4. The molecule has 0 spiro atoms. The third-order valence-corrected chi connectivity index (χ3v) is 11.2. The number of aromatic nitrogens is 5. The number of thiazole rings is 1. The third-order valence-electron chi connectivity index (χ3n) is 10.4. The van der Waals surface area contributed by atoms with Gasteiger partial charge in [-0.05, 0) is 72.9 Å². The van der Waals surface area contributed by atoms with E-state index in [1.807, 2.05) is 36.6 Å². The molecule has 306 valence electrons. The quantitative estimate of drug-likeness (QED) is 0.0786. The Morgan fingerprint density at radius 3 is 1.81 bits per heavy atom. The van der Waals surface area contributed by atoms with Crippen molar-refractivity contribution in [2.75, 3.05) is 54.3 Å². The first-order valence-electron chi connectivity index (χ1n) is 19.5. The molecular weight excluding hydrogens is 767 g/mol. The SMILES string of the molecule is CN(c1cnn(C)c1)c1cc(Nc2ccc(C3CCOCC3)cc2)ncc1C(N)=O.NC(=O)c1cnc(Nc2ccc(C3CCOCC3)cc2)cc1NCc1nccs1. The van der Waals surface area contributed by atoms with Crippen LogP contribution in [0.5, 0.6) is 0 Å². The van der Waals surface area contributed by atoms with Gasteiger partial charge in [0.05, 0.1) is 40.9 Å². The van der Waals surface area contributed by atoms with Gasteiger partial charge < -0.3 is 41.8 Å². The zero-order valence-corrected chi connectivity index (χ0v) is 34.0. The molecule has 0 atom stereocenters. The molecule has 2 saturated heterocycles. The lowest BCUT2D eigenvalue weighted by Crippen LogP contribution is -2.19. The Morgan fingerprint density at radius 2 is 1.32 bits per heavy atom. The Labute approximate surface area is 347 Å². The number of amides is 2. The summed E-state index contributed by atoms with van der Waals surface area (Å²) >= 11 is 1.55. The van der Waals surface area contributed by atoms with Gasteiger partial charge in [-0.2, -0.15) is 5.10 Å². The molecule has 16 heteroatoms. The predicted molar refractivity (Wildman–Crippen MR) is 231 cm³/mol. The maximum Gasteiger partial charge on any atom is 0.252 e. The number of aryl methyl sites for hydroxylation is 1. The highest BCUT2D eigenvalue weighted by atomic mass is 32.1. The first-order valence-corrected chi connectivity index (χ1v) is 20.4. The molecule has 0 bridgehead atoms. The molecule has 2 aromatic carbocycles. The van der Waals surface area contributed by atoms with Crippen molar-refractivity contribution < 1.29 is 19.1 Å². The second-order valence-electron chi connectivity index (χ2n) is 14.4. The third kappa shape index (κ3) is 10.8. The van der Waals surface area contributed by atoms with E-state index in [9.17, 15) is 9.59 Å². The summed E-state index contributed by atoms with van der Waals surface area (Å²) in [4.78, 5) is 38.5. The van der Waals surface area contributed by atoms with Crippen LogP contribution in [0, 0.1) is 0 Å². The molecule has 15 nitrogen and oxygen atoms in total. The number of primary amides is 2. The minimum atomic E-state index is -0.527. The van der Waals surface area contributed by atoms with E-state index in [2.05, 4.69) is 84.5 Å². The summed E-state index contributed by atoms with van der Waals surface area (Å²) in [6.07, 6.45) is 12.6. The van der Waals surface area contributed by atoms with Crippen LogP contribution in [0.1, 0.15) is 74.4 Å². The number of hydrogen-bond donors (Lipinski definition) is 5. The number of nitrogens with zero attached hydrogens (tertiary/aromatic N) is 6. The Hall–Kier alpha value is -6.36. The molecular formula is C43H49N11O4S. The molecule has 6 aromatic rings. The van der Waals surface area contributed by atoms with Crippen LogP contribution in [-0.4, -0.2) is 70.0 Å². The minimum absolute atomic E-state index is 0.349. The van der Waals surface area contributed by atoms with Gasteiger partial charge in [0.1, 0.15) is 16.6 Å². The fraction of sp³-hybridized carbons (Fsp3) is 0.302. The Kier molecular flexibility index (Phi) is 13.4. The number of benzene rings is 2. The van der Waals surface area contributed by atoms with Gasteiger partial charge in [-0.3, -0.25) is 14.3 Å². The van der Waals surface area contributed by atoms with Crippen molar-refractivity contribution in [3.63, 3.8) is 0 Å². The van der Waals surface area contributed by atoms with Gasteiger partial charge in [0.25, 0.3) is 11.8 Å². The molecule has 2 amide bonds. The summed E-state index contributed by atoms with van der Waals surface area (Å²) in [5.74, 6) is 1.33. The van der Waals surface area contributed by atoms with Crippen molar-refractivity contribution in [3.8, 4) is 0 Å². The lowest BCUT2D eigenvalue weighted by molar-refractivity contribution is 0.0852. The number of rotatable bonds is 13. The van der Waals surface area contributed by atoms with Crippen LogP contribution >= 0.6 is 11.3 Å². The van der Waals surface area contributed by atoms with E-state index in [1.165, 1.54) is 23.5 Å². The van der Waals surface area contributed by atoms with Gasteiger partial charge in [0, 0.05) is 94.2 Å². The largest absolute Gasteiger partial charge is 0.381 e. The van der Waals surface area contributed by atoms with Gasteiger partial charge in [-0.15, -0.1) is 11.3 Å². The summed E-state index contributed by atoms with van der Waals surface area (Å²) in [6.45, 7) is 3.83. The molecule has 2 fully saturated rings. The van der Waals surface area contributed by atoms with E-state index < -0.39 is 11.8 Å². The van der Waals surface area contributed by atoms with Crippen LogP contribution in [0.25, 0.3) is 0 Å². The van der Waals surface area contributed by atoms with E-state index in [0.717, 1.165) is 74.2 Å². The summed E-state index contributed by atoms with van der Waals surface area (Å²) in [7, 11) is 3.71. The van der Waals surface area contributed by atoms with Crippen LogP contribution in [-0.2, 0) is 23.1 Å². The number of nitrogens with two attached hydrogens (primary N) is 2. The van der Waals surface area contributed by atoms with Crippen molar-refractivity contribution in [1.82, 2.24) is 24.7 Å². The number of nitrogens with one attached hydrogen (secondary N) is 3. The molecule has 0 aliphatic carbocycles. The normalized spacial score (nSPS) is 14.5. The average molecular weight is 816 g/mol. The maximum absolute atomic E-state index is 11.9. The highest BCUT2D eigenvalue weighted by Crippen LogP contribution is 2.32. The Balaban J connectivity index is 0.000000179. The summed E-state index contributed by atoms with van der Waals surface area (Å²) < 4.78 is 12.6. The van der Waals surface area contributed by atoms with E-state index in [4.69, 9.17) is 20.9 Å². The van der Waals surface area contributed by atoms with Gasteiger partial charge in [0.2, 0.25) is 0 Å². The number of ether oxygens (including phenoxy) is 2. The number of anilines is 7. The fourth-order valence-corrected chi connectivity index (χ4v) is 7.67. The lowest BCUT2D eigenvalue weighted by atomic mass is 9.92. The second kappa shape index (κ2) is 19.4. The molecule has 2 aliphatic heterocycles. The van der Waals surface area contributed by atoms with Gasteiger partial charge in [-0.1, -0.05) is 24.3 Å². The van der Waals surface area contributed by atoms with Crippen molar-refractivity contribution in [3.05, 3.63) is 124 Å². The molecule has 2 aliphatic rings. The zero-order chi connectivity index (χ0) is 41.1. The highest BCUT2D eigenvalue weighted by Gasteiger charge is 2.19. The van der Waals surface area contributed by atoms with Gasteiger partial charge in [0.15, 0.2) is 0 Å². The van der Waals surface area contributed by atoms with Crippen molar-refractivity contribution >= 4 is 63.2 Å². The highest BCUT2D eigenvalue weighted by molar-refractivity contribution is 7.09. The lowest BCUT2D eigenvalue weighted by Gasteiger charge is -2.22. The van der Waals surface area contributed by atoms with Crippen molar-refractivity contribution in [1.29, 1.82) is 0 Å². The number of carbonyl (C=O) groups excluding carboxylic acids is 2. The topological polar surface area (TPSA) is 200 Å². The van der Waals surface area contributed by atoms with E-state index in [-0.39, 0.29) is 0 Å². The van der Waals surface area contributed by atoms with Crippen LogP contribution in [0.2, 0.25) is 0 Å². The minimum Gasteiger partial charge on any atom is -0.381 e. The fourth-order valence-electron chi connectivity index (χ4n) is 7.11. The molecule has 6 heterocycles. The smallest absolute Gasteiger partial charge is 0.252 e. The summed E-state index contributed by atoms with van der Waals surface area (Å²) in [5, 5.41) is 16.9. The predicted octanol–water partition coefficient (Wildman–Crippen LogP) is 7.21.